The van der Waals surface area contributed by atoms with Crippen LogP contribution in [0.25, 0.3) is 5.57 Å². The highest BCUT2D eigenvalue weighted by Gasteiger charge is 2.44. The summed E-state index contributed by atoms with van der Waals surface area (Å²) in [7, 11) is 0. The standard InChI is InChI=1S/C22H23Cl2NO3S/c1-3-14-7-15-20(28-10-16(21(15)26)22-25-12(2)11-29-22)8-19(14)27-9-13-4-5-17(23)18(24)6-13/h4-6,10-11,14-15,19-20H,3,7-9H2,1-2H3. The number of hydrogen-bond donors (Lipinski definition) is 0. The number of carbonyl (C=O) groups excluding carboxylic acids is 1. The summed E-state index contributed by atoms with van der Waals surface area (Å²) in [6.45, 7) is 4.54. The molecule has 7 heteroatoms. The maximum absolute atomic E-state index is 13.1. The SMILES string of the molecule is CCC1CC2C(=O)C(c3nc(C)cs3)=COC2CC1OCc1ccc(Cl)c(Cl)c1. The lowest BCUT2D eigenvalue weighted by Crippen LogP contribution is -2.45. The summed E-state index contributed by atoms with van der Waals surface area (Å²) in [5, 5.41) is 3.77. The van der Waals surface area contributed by atoms with Gasteiger partial charge in [-0.2, -0.15) is 0 Å². The number of Topliss-reactive ketones (excluding diaryl/α,β-unsaturated/α-hetero) is 1. The van der Waals surface area contributed by atoms with E-state index in [0.717, 1.165) is 29.1 Å². The number of aromatic nitrogens is 1. The Bertz CT molecular complexity index is 942. The van der Waals surface area contributed by atoms with Crippen molar-refractivity contribution in [3.63, 3.8) is 0 Å². The number of carbonyl (C=O) groups is 1. The van der Waals surface area contributed by atoms with E-state index in [-0.39, 0.29) is 23.9 Å². The molecule has 4 atom stereocenters. The molecule has 1 fully saturated rings. The number of benzene rings is 1. The van der Waals surface area contributed by atoms with Gasteiger partial charge in [-0.1, -0.05) is 42.6 Å². The smallest absolute Gasteiger partial charge is 0.175 e. The summed E-state index contributed by atoms with van der Waals surface area (Å²) in [5.41, 5.74) is 2.51. The largest absolute Gasteiger partial charge is 0.496 e. The van der Waals surface area contributed by atoms with Gasteiger partial charge in [0, 0.05) is 17.5 Å². The zero-order valence-corrected chi connectivity index (χ0v) is 18.7. The molecule has 0 amide bonds. The Balaban J connectivity index is 1.46. The van der Waals surface area contributed by atoms with E-state index in [1.807, 2.05) is 24.4 Å². The van der Waals surface area contributed by atoms with Gasteiger partial charge >= 0.3 is 0 Å². The summed E-state index contributed by atoms with van der Waals surface area (Å²) >= 11 is 13.6. The monoisotopic (exact) mass is 451 g/mol. The number of hydrogen-bond acceptors (Lipinski definition) is 5. The maximum atomic E-state index is 13.1. The molecule has 1 aromatic carbocycles. The fourth-order valence-corrected chi connectivity index (χ4v) is 5.28. The molecular formula is C22H23Cl2NO3S. The molecule has 0 spiro atoms. The first-order valence-corrected chi connectivity index (χ1v) is 11.5. The zero-order chi connectivity index (χ0) is 20.5. The van der Waals surface area contributed by atoms with Crippen molar-refractivity contribution in [1.82, 2.24) is 4.98 Å². The van der Waals surface area contributed by atoms with Crippen LogP contribution in [0.2, 0.25) is 10.0 Å². The number of thiazole rings is 1. The lowest BCUT2D eigenvalue weighted by molar-refractivity contribution is -0.133. The van der Waals surface area contributed by atoms with Crippen LogP contribution in [-0.2, 0) is 20.9 Å². The minimum Gasteiger partial charge on any atom is -0.496 e. The van der Waals surface area contributed by atoms with Crippen LogP contribution in [0.5, 0.6) is 0 Å². The number of fused-ring (bicyclic) bond motifs is 1. The van der Waals surface area contributed by atoms with Gasteiger partial charge < -0.3 is 9.47 Å². The van der Waals surface area contributed by atoms with E-state index in [0.29, 0.717) is 34.6 Å². The van der Waals surface area contributed by atoms with Gasteiger partial charge in [-0.15, -0.1) is 11.3 Å². The number of ketones is 1. The molecule has 4 unspecified atom stereocenters. The molecule has 2 heterocycles. The normalized spacial score (nSPS) is 26.6. The van der Waals surface area contributed by atoms with Gasteiger partial charge in [-0.05, 0) is 37.0 Å². The van der Waals surface area contributed by atoms with E-state index in [2.05, 4.69) is 11.9 Å². The fraction of sp³-hybridized carbons (Fsp3) is 0.455. The average Bonchev–Trinajstić information content (AvgIpc) is 3.14. The molecule has 154 valence electrons. The van der Waals surface area contributed by atoms with Gasteiger partial charge in [0.2, 0.25) is 0 Å². The van der Waals surface area contributed by atoms with Gasteiger partial charge in [0.15, 0.2) is 5.78 Å². The first-order valence-electron chi connectivity index (χ1n) is 9.84. The third-order valence-electron chi connectivity index (χ3n) is 5.78. The Labute approximate surface area is 184 Å². The molecular weight excluding hydrogens is 429 g/mol. The summed E-state index contributed by atoms with van der Waals surface area (Å²) in [5.74, 6) is 0.329. The Morgan fingerprint density at radius 3 is 2.79 bits per heavy atom. The fourth-order valence-electron chi connectivity index (χ4n) is 4.15. The van der Waals surface area contributed by atoms with Gasteiger partial charge in [-0.25, -0.2) is 4.98 Å². The van der Waals surface area contributed by atoms with Crippen LogP contribution < -0.4 is 0 Å². The molecule has 1 aromatic heterocycles. The number of ether oxygens (including phenoxy) is 2. The summed E-state index contributed by atoms with van der Waals surface area (Å²) in [4.78, 5) is 17.6. The number of halogens is 2. The molecule has 1 saturated carbocycles. The highest BCUT2D eigenvalue weighted by atomic mass is 35.5. The van der Waals surface area contributed by atoms with E-state index < -0.39 is 0 Å². The van der Waals surface area contributed by atoms with Crippen LogP contribution in [0.1, 0.15) is 42.5 Å². The minimum atomic E-state index is -0.145. The molecule has 0 radical (unpaired) electrons. The van der Waals surface area contributed by atoms with E-state index in [1.165, 1.54) is 11.3 Å². The van der Waals surface area contributed by atoms with Gasteiger partial charge in [-0.3, -0.25) is 4.79 Å². The van der Waals surface area contributed by atoms with Crippen LogP contribution in [-0.4, -0.2) is 23.0 Å². The highest BCUT2D eigenvalue weighted by molar-refractivity contribution is 7.11. The predicted octanol–water partition coefficient (Wildman–Crippen LogP) is 6.09. The Hall–Kier alpha value is -1.40. The second-order valence-electron chi connectivity index (χ2n) is 7.71. The molecule has 4 rings (SSSR count). The van der Waals surface area contributed by atoms with Crippen molar-refractivity contribution < 1.29 is 14.3 Å². The first kappa shape index (κ1) is 20.9. The summed E-state index contributed by atoms with van der Waals surface area (Å²) < 4.78 is 12.2. The third-order valence-corrected chi connectivity index (χ3v) is 7.51. The molecule has 29 heavy (non-hydrogen) atoms. The van der Waals surface area contributed by atoms with Crippen molar-refractivity contribution in [3.05, 3.63) is 56.2 Å². The minimum absolute atomic E-state index is 0.0422. The van der Waals surface area contributed by atoms with Crippen molar-refractivity contribution in [1.29, 1.82) is 0 Å². The first-order chi connectivity index (χ1) is 14.0. The van der Waals surface area contributed by atoms with E-state index in [9.17, 15) is 4.79 Å². The second kappa shape index (κ2) is 8.76. The van der Waals surface area contributed by atoms with Crippen LogP contribution in [0.4, 0.5) is 0 Å². The van der Waals surface area contributed by atoms with Crippen LogP contribution in [0.15, 0.2) is 29.8 Å². The zero-order valence-electron chi connectivity index (χ0n) is 16.4. The van der Waals surface area contributed by atoms with Crippen LogP contribution in [0.3, 0.4) is 0 Å². The third kappa shape index (κ3) is 4.38. The van der Waals surface area contributed by atoms with E-state index in [1.54, 1.807) is 12.3 Å². The Morgan fingerprint density at radius 1 is 1.28 bits per heavy atom. The average molecular weight is 452 g/mol. The van der Waals surface area contributed by atoms with Crippen LogP contribution in [0, 0.1) is 18.8 Å². The highest BCUT2D eigenvalue weighted by Crippen LogP contribution is 2.41. The number of aryl methyl sites for hydroxylation is 1. The number of rotatable bonds is 5. The molecule has 0 bridgehead atoms. The number of allylic oxidation sites excluding steroid dienone is 1. The van der Waals surface area contributed by atoms with Gasteiger partial charge in [0.1, 0.15) is 11.1 Å². The maximum Gasteiger partial charge on any atom is 0.175 e. The molecule has 1 aliphatic carbocycles. The van der Waals surface area contributed by atoms with Crippen molar-refractivity contribution in [2.75, 3.05) is 0 Å². The molecule has 1 aliphatic heterocycles. The Morgan fingerprint density at radius 2 is 2.10 bits per heavy atom. The number of nitrogens with zero attached hydrogens (tertiary/aromatic N) is 1. The van der Waals surface area contributed by atoms with Gasteiger partial charge in [0.05, 0.1) is 40.5 Å². The molecule has 0 saturated heterocycles. The van der Waals surface area contributed by atoms with Gasteiger partial charge in [0.25, 0.3) is 0 Å². The van der Waals surface area contributed by atoms with Crippen molar-refractivity contribution in [3.8, 4) is 0 Å². The van der Waals surface area contributed by atoms with E-state index in [4.69, 9.17) is 32.7 Å². The predicted molar refractivity (Wildman–Crippen MR) is 116 cm³/mol. The lowest BCUT2D eigenvalue weighted by Gasteiger charge is -2.41. The van der Waals surface area contributed by atoms with Crippen molar-refractivity contribution in [2.45, 2.75) is 51.9 Å². The molecule has 2 aromatic rings. The molecule has 4 nitrogen and oxygen atoms in total. The topological polar surface area (TPSA) is 48.4 Å². The molecule has 0 N–H and O–H groups in total. The lowest BCUT2D eigenvalue weighted by atomic mass is 9.72. The summed E-state index contributed by atoms with van der Waals surface area (Å²) in [6, 6.07) is 5.54. The molecule has 2 aliphatic rings. The van der Waals surface area contributed by atoms with Crippen LogP contribution >= 0.6 is 34.5 Å². The summed E-state index contributed by atoms with van der Waals surface area (Å²) in [6.07, 6.45) is 3.93. The quantitative estimate of drug-likeness (QED) is 0.551. The second-order valence-corrected chi connectivity index (χ2v) is 9.38. The van der Waals surface area contributed by atoms with Crippen molar-refractivity contribution in [2.24, 2.45) is 11.8 Å². The Kier molecular flexibility index (Phi) is 6.30. The van der Waals surface area contributed by atoms with E-state index >= 15 is 0 Å². The van der Waals surface area contributed by atoms with Crippen molar-refractivity contribution >= 4 is 45.9 Å².